The minimum absolute atomic E-state index is 0.375. The molecule has 194 valence electrons. The molecule has 37 heavy (non-hydrogen) atoms. The number of nitrogens with zero attached hydrogens (tertiary/aromatic N) is 3. The van der Waals surface area contributed by atoms with Crippen LogP contribution in [0.4, 0.5) is 16.0 Å². The first-order chi connectivity index (χ1) is 18.2. The Hall–Kier alpha value is -3.49. The number of anilines is 2. The number of likely N-dealkylation sites (tertiary alicyclic amines) is 1. The lowest BCUT2D eigenvalue weighted by molar-refractivity contribution is 0.144. The first-order valence-electron chi connectivity index (χ1n) is 13.0. The fourth-order valence-corrected chi connectivity index (χ4v) is 4.56. The van der Waals surface area contributed by atoms with Crippen LogP contribution in [-0.4, -0.2) is 54.3 Å². The number of hydrogen-bond donors (Lipinski definition) is 1. The first-order valence-corrected chi connectivity index (χ1v) is 13.0. The second-order valence-corrected chi connectivity index (χ2v) is 9.26. The first kappa shape index (κ1) is 25.2. The van der Waals surface area contributed by atoms with Crippen molar-refractivity contribution in [3.05, 3.63) is 72.2 Å². The molecule has 0 aliphatic carbocycles. The molecule has 2 aromatic carbocycles. The van der Waals surface area contributed by atoms with Crippen molar-refractivity contribution in [3.8, 4) is 22.8 Å². The van der Waals surface area contributed by atoms with Gasteiger partial charge in [0.05, 0.1) is 32.1 Å². The van der Waals surface area contributed by atoms with Crippen LogP contribution in [0.3, 0.4) is 0 Å². The van der Waals surface area contributed by atoms with Crippen molar-refractivity contribution in [2.45, 2.75) is 32.3 Å². The van der Waals surface area contributed by atoms with Crippen molar-refractivity contribution in [2.75, 3.05) is 44.8 Å². The maximum atomic E-state index is 14.3. The Morgan fingerprint density at radius 1 is 1.05 bits per heavy atom. The molecule has 7 nitrogen and oxygen atoms in total. The summed E-state index contributed by atoms with van der Waals surface area (Å²) >= 11 is 0. The molecule has 3 heterocycles. The molecule has 1 saturated heterocycles. The van der Waals surface area contributed by atoms with Crippen LogP contribution in [0.2, 0.25) is 0 Å². The minimum atomic E-state index is -0.375. The molecular weight excluding hydrogens is 471 g/mol. The van der Waals surface area contributed by atoms with Gasteiger partial charge in [-0.2, -0.15) is 0 Å². The number of hydrogen-bond acceptors (Lipinski definition) is 7. The van der Waals surface area contributed by atoms with Crippen molar-refractivity contribution < 1.29 is 18.6 Å². The van der Waals surface area contributed by atoms with Crippen LogP contribution < -0.4 is 14.8 Å². The van der Waals surface area contributed by atoms with Gasteiger partial charge in [0.2, 0.25) is 5.95 Å². The van der Waals surface area contributed by atoms with Crippen molar-refractivity contribution in [3.63, 3.8) is 0 Å². The Kier molecular flexibility index (Phi) is 8.61. The molecule has 0 saturated carbocycles. The summed E-state index contributed by atoms with van der Waals surface area (Å²) in [5.74, 6) is 1.33. The quantitative estimate of drug-likeness (QED) is 0.351. The molecule has 1 aromatic heterocycles. The third-order valence-corrected chi connectivity index (χ3v) is 6.41. The average Bonchev–Trinajstić information content (AvgIpc) is 3.42. The highest BCUT2D eigenvalue weighted by atomic mass is 19.1. The van der Waals surface area contributed by atoms with E-state index in [4.69, 9.17) is 14.2 Å². The lowest BCUT2D eigenvalue weighted by Crippen LogP contribution is -2.22. The molecule has 0 radical (unpaired) electrons. The molecule has 8 heteroatoms. The van der Waals surface area contributed by atoms with Gasteiger partial charge in [0.1, 0.15) is 17.3 Å². The maximum Gasteiger partial charge on any atom is 0.227 e. The molecule has 2 aliphatic heterocycles. The number of halogens is 1. The van der Waals surface area contributed by atoms with Gasteiger partial charge in [0, 0.05) is 35.6 Å². The summed E-state index contributed by atoms with van der Waals surface area (Å²) in [5, 5.41) is 3.26. The molecule has 6 bridgehead atoms. The van der Waals surface area contributed by atoms with E-state index in [1.807, 2.05) is 30.4 Å². The molecule has 5 rings (SSSR count). The highest BCUT2D eigenvalue weighted by molar-refractivity contribution is 5.64. The van der Waals surface area contributed by atoms with Crippen molar-refractivity contribution in [2.24, 2.45) is 0 Å². The highest BCUT2D eigenvalue weighted by Crippen LogP contribution is 2.28. The standard InChI is InChI=1S/C29H33FN4O3/c30-24-17-22-19-26(20-24)36-15-5-1-4-14-35-21-23-18-25(32-29-31-10-9-27(22)33-29)7-8-28(23)37-16-6-13-34-11-2-3-12-34/h1,4,7-10,17-20H,2-3,5-6,11-16,21H2,(H,31,32,33)/b4-1+. The van der Waals surface area contributed by atoms with E-state index >= 15 is 0 Å². The summed E-state index contributed by atoms with van der Waals surface area (Å²) in [5.41, 5.74) is 3.00. The molecule has 0 atom stereocenters. The van der Waals surface area contributed by atoms with Gasteiger partial charge in [-0.15, -0.1) is 0 Å². The van der Waals surface area contributed by atoms with Gasteiger partial charge < -0.3 is 24.4 Å². The fourth-order valence-electron chi connectivity index (χ4n) is 4.56. The van der Waals surface area contributed by atoms with Crippen LogP contribution in [0.5, 0.6) is 11.5 Å². The van der Waals surface area contributed by atoms with E-state index in [-0.39, 0.29) is 5.82 Å². The summed E-state index contributed by atoms with van der Waals surface area (Å²) in [7, 11) is 0. The summed E-state index contributed by atoms with van der Waals surface area (Å²) < 4.78 is 32.1. The molecule has 0 spiro atoms. The van der Waals surface area contributed by atoms with Gasteiger partial charge in [0.15, 0.2) is 0 Å². The Morgan fingerprint density at radius 3 is 2.89 bits per heavy atom. The van der Waals surface area contributed by atoms with Crippen molar-refractivity contribution in [1.29, 1.82) is 0 Å². The van der Waals surface area contributed by atoms with Crippen LogP contribution in [0, 0.1) is 5.82 Å². The van der Waals surface area contributed by atoms with E-state index in [0.717, 1.165) is 30.0 Å². The van der Waals surface area contributed by atoms with Gasteiger partial charge in [0.25, 0.3) is 0 Å². The predicted octanol–water partition coefficient (Wildman–Crippen LogP) is 5.75. The van der Waals surface area contributed by atoms with E-state index < -0.39 is 0 Å². The maximum absolute atomic E-state index is 14.3. The number of aromatic nitrogens is 2. The number of ether oxygens (including phenoxy) is 3. The second kappa shape index (κ2) is 12.7. The second-order valence-electron chi connectivity index (χ2n) is 9.26. The monoisotopic (exact) mass is 504 g/mol. The van der Waals surface area contributed by atoms with Crippen molar-refractivity contribution >= 4 is 11.6 Å². The normalized spacial score (nSPS) is 17.2. The molecular formula is C29H33FN4O3. The number of rotatable bonds is 5. The third-order valence-electron chi connectivity index (χ3n) is 6.41. The van der Waals surface area contributed by atoms with Crippen LogP contribution in [-0.2, 0) is 11.3 Å². The van der Waals surface area contributed by atoms with E-state index in [1.54, 1.807) is 18.3 Å². The lowest BCUT2D eigenvalue weighted by atomic mass is 10.1. The van der Waals surface area contributed by atoms with Gasteiger partial charge in [-0.3, -0.25) is 0 Å². The summed E-state index contributed by atoms with van der Waals surface area (Å²) in [6.45, 7) is 5.46. The van der Waals surface area contributed by atoms with Crippen molar-refractivity contribution in [1.82, 2.24) is 14.9 Å². The highest BCUT2D eigenvalue weighted by Gasteiger charge is 2.12. The van der Waals surface area contributed by atoms with Gasteiger partial charge in [-0.25, -0.2) is 14.4 Å². The predicted molar refractivity (Wildman–Crippen MR) is 142 cm³/mol. The molecule has 0 amide bonds. The molecule has 1 N–H and O–H groups in total. The van der Waals surface area contributed by atoms with Crippen LogP contribution in [0.25, 0.3) is 11.3 Å². The average molecular weight is 505 g/mol. The Balaban J connectivity index is 1.35. The molecule has 2 aliphatic rings. The van der Waals surface area contributed by atoms with E-state index in [1.165, 1.54) is 38.1 Å². The fraction of sp³-hybridized carbons (Fsp3) is 0.379. The van der Waals surface area contributed by atoms with Gasteiger partial charge in [-0.1, -0.05) is 12.2 Å². The van der Waals surface area contributed by atoms with E-state index in [9.17, 15) is 4.39 Å². The minimum Gasteiger partial charge on any atom is -0.493 e. The third kappa shape index (κ3) is 7.27. The van der Waals surface area contributed by atoms with E-state index in [2.05, 4.69) is 20.2 Å². The van der Waals surface area contributed by atoms with Crippen LogP contribution in [0.1, 0.15) is 31.2 Å². The molecule has 1 fully saturated rings. The zero-order valence-corrected chi connectivity index (χ0v) is 21.0. The van der Waals surface area contributed by atoms with Crippen LogP contribution >= 0.6 is 0 Å². The summed E-state index contributed by atoms with van der Waals surface area (Å²) in [6, 6.07) is 12.3. The molecule has 0 unspecified atom stereocenters. The van der Waals surface area contributed by atoms with Gasteiger partial charge >= 0.3 is 0 Å². The van der Waals surface area contributed by atoms with E-state index in [0.29, 0.717) is 55.8 Å². The Labute approximate surface area is 217 Å². The number of benzene rings is 2. The lowest BCUT2D eigenvalue weighted by Gasteiger charge is -2.16. The number of nitrogens with one attached hydrogen (secondary N) is 1. The zero-order valence-electron chi connectivity index (χ0n) is 21.0. The summed E-state index contributed by atoms with van der Waals surface area (Å²) in [6.07, 6.45) is 9.92. The molecule has 3 aromatic rings. The summed E-state index contributed by atoms with van der Waals surface area (Å²) in [4.78, 5) is 11.5. The largest absolute Gasteiger partial charge is 0.493 e. The Morgan fingerprint density at radius 2 is 1.97 bits per heavy atom. The van der Waals surface area contributed by atoms with Gasteiger partial charge in [-0.05, 0) is 75.2 Å². The SMILES string of the molecule is Fc1cc2cc(c1)-c1ccnc(n1)Nc1ccc(OCCCN3CCCC3)c(c1)COC/C=C/CCO2. The Bertz CT molecular complexity index is 1210. The van der Waals surface area contributed by atoms with Crippen LogP contribution in [0.15, 0.2) is 60.8 Å². The zero-order chi connectivity index (χ0) is 25.3. The topological polar surface area (TPSA) is 68.7 Å². The number of fused-ring (bicyclic) bond motifs is 7. The smallest absolute Gasteiger partial charge is 0.227 e.